The Morgan fingerprint density at radius 2 is 2.00 bits per heavy atom. The van der Waals surface area contributed by atoms with E-state index >= 15 is 0 Å². The molecule has 0 bridgehead atoms. The van der Waals surface area contributed by atoms with Gasteiger partial charge in [0, 0.05) is 25.5 Å². The predicted molar refractivity (Wildman–Crippen MR) is 67.3 cm³/mol. The summed E-state index contributed by atoms with van der Waals surface area (Å²) in [5.41, 5.74) is -0.167. The highest BCUT2D eigenvalue weighted by Crippen LogP contribution is 2.23. The molecule has 1 amide bonds. The van der Waals surface area contributed by atoms with Gasteiger partial charge in [-0.3, -0.25) is 9.59 Å². The molecule has 1 aliphatic rings. The number of hydrogen-bond donors (Lipinski definition) is 2. The first kappa shape index (κ1) is 15.0. The Hall–Kier alpha value is -1.10. The maximum atomic E-state index is 11.7. The summed E-state index contributed by atoms with van der Waals surface area (Å²) in [7, 11) is 0. The lowest BCUT2D eigenvalue weighted by molar-refractivity contribution is -0.137. The second kappa shape index (κ2) is 6.73. The summed E-state index contributed by atoms with van der Waals surface area (Å²) in [6, 6.07) is 0.181. The van der Waals surface area contributed by atoms with Crippen molar-refractivity contribution >= 4 is 11.9 Å². The summed E-state index contributed by atoms with van der Waals surface area (Å²) in [6.45, 7) is 4.73. The molecule has 0 spiro atoms. The molecule has 2 N–H and O–H groups in total. The zero-order chi connectivity index (χ0) is 13.6. The van der Waals surface area contributed by atoms with E-state index in [1.54, 1.807) is 0 Å². The van der Waals surface area contributed by atoms with Crippen LogP contribution in [0.25, 0.3) is 0 Å². The predicted octanol–water partition coefficient (Wildman–Crippen LogP) is 1.71. The minimum Gasteiger partial charge on any atom is -0.481 e. The molecular formula is C13H23NO4. The van der Waals surface area contributed by atoms with Gasteiger partial charge in [0.25, 0.3) is 0 Å². The van der Waals surface area contributed by atoms with Crippen molar-refractivity contribution in [3.05, 3.63) is 0 Å². The van der Waals surface area contributed by atoms with Crippen molar-refractivity contribution in [3.8, 4) is 0 Å². The summed E-state index contributed by atoms with van der Waals surface area (Å²) < 4.78 is 5.59. The Balaban J connectivity index is 2.17. The number of hydrogen-bond acceptors (Lipinski definition) is 3. The molecule has 0 aliphatic carbocycles. The molecule has 1 fully saturated rings. The van der Waals surface area contributed by atoms with Gasteiger partial charge in [-0.15, -0.1) is 0 Å². The van der Waals surface area contributed by atoms with Gasteiger partial charge >= 0.3 is 5.97 Å². The van der Waals surface area contributed by atoms with Crippen molar-refractivity contribution in [2.75, 3.05) is 6.61 Å². The first-order chi connectivity index (χ1) is 8.39. The number of ether oxygens (including phenoxy) is 1. The number of carbonyl (C=O) groups is 2. The maximum absolute atomic E-state index is 11.7. The molecule has 0 radical (unpaired) electrons. The Bertz CT molecular complexity index is 301. The van der Waals surface area contributed by atoms with Crippen molar-refractivity contribution in [1.29, 1.82) is 0 Å². The first-order valence-corrected chi connectivity index (χ1v) is 6.54. The Morgan fingerprint density at radius 3 is 2.61 bits per heavy atom. The molecule has 5 heteroatoms. The molecule has 1 rings (SSSR count). The standard InChI is InChI=1S/C13H23NO4/c1-13(2)9-10(7-8-18-13)14-11(15)5-3-4-6-12(16)17/h10H,3-9H2,1-2H3,(H,14,15)(H,16,17). The van der Waals surface area contributed by atoms with Crippen LogP contribution in [0.4, 0.5) is 0 Å². The molecule has 5 nitrogen and oxygen atoms in total. The monoisotopic (exact) mass is 257 g/mol. The number of amides is 1. The normalized spacial score (nSPS) is 22.4. The first-order valence-electron chi connectivity index (χ1n) is 6.54. The summed E-state index contributed by atoms with van der Waals surface area (Å²) >= 11 is 0. The van der Waals surface area contributed by atoms with Crippen LogP contribution < -0.4 is 5.32 Å². The lowest BCUT2D eigenvalue weighted by Gasteiger charge is -2.35. The number of aliphatic carboxylic acids is 1. The van der Waals surface area contributed by atoms with E-state index in [1.807, 2.05) is 13.8 Å². The Morgan fingerprint density at radius 1 is 1.33 bits per heavy atom. The number of carbonyl (C=O) groups excluding carboxylic acids is 1. The summed E-state index contributed by atoms with van der Waals surface area (Å²) in [5, 5.41) is 11.5. The van der Waals surface area contributed by atoms with Gasteiger partial charge in [-0.1, -0.05) is 0 Å². The second-order valence-electron chi connectivity index (χ2n) is 5.47. The molecule has 1 atom stereocenters. The molecule has 0 aromatic heterocycles. The van der Waals surface area contributed by atoms with Crippen LogP contribution in [0.5, 0.6) is 0 Å². The van der Waals surface area contributed by atoms with E-state index in [4.69, 9.17) is 9.84 Å². The van der Waals surface area contributed by atoms with E-state index in [-0.39, 0.29) is 24.0 Å². The van der Waals surface area contributed by atoms with Crippen molar-refractivity contribution in [1.82, 2.24) is 5.32 Å². The molecule has 1 unspecified atom stereocenters. The number of unbranched alkanes of at least 4 members (excludes halogenated alkanes) is 1. The molecule has 1 heterocycles. The van der Waals surface area contributed by atoms with Gasteiger partial charge in [-0.25, -0.2) is 0 Å². The van der Waals surface area contributed by atoms with Gasteiger partial charge < -0.3 is 15.2 Å². The molecule has 0 saturated carbocycles. The highest BCUT2D eigenvalue weighted by Gasteiger charge is 2.29. The lowest BCUT2D eigenvalue weighted by atomic mass is 9.94. The summed E-state index contributed by atoms with van der Waals surface area (Å²) in [4.78, 5) is 22.0. The Labute approximate surface area is 108 Å². The maximum Gasteiger partial charge on any atom is 0.303 e. The van der Waals surface area contributed by atoms with Gasteiger partial charge in [0.05, 0.1) is 5.60 Å². The van der Waals surface area contributed by atoms with Crippen LogP contribution in [-0.4, -0.2) is 35.2 Å². The van der Waals surface area contributed by atoms with Gasteiger partial charge in [-0.2, -0.15) is 0 Å². The highest BCUT2D eigenvalue weighted by molar-refractivity contribution is 5.76. The van der Waals surface area contributed by atoms with Crippen LogP contribution in [0.1, 0.15) is 52.4 Å². The van der Waals surface area contributed by atoms with Crippen LogP contribution in [0.2, 0.25) is 0 Å². The number of carboxylic acids is 1. The third kappa shape index (κ3) is 6.00. The third-order valence-electron chi connectivity index (χ3n) is 3.11. The van der Waals surface area contributed by atoms with E-state index in [0.717, 1.165) is 12.8 Å². The Kier molecular flexibility index (Phi) is 5.59. The molecular weight excluding hydrogens is 234 g/mol. The van der Waals surface area contributed by atoms with Gasteiger partial charge in [0.1, 0.15) is 0 Å². The van der Waals surface area contributed by atoms with Crippen LogP contribution in [0.15, 0.2) is 0 Å². The van der Waals surface area contributed by atoms with Crippen molar-refractivity contribution in [3.63, 3.8) is 0 Å². The third-order valence-corrected chi connectivity index (χ3v) is 3.11. The highest BCUT2D eigenvalue weighted by atomic mass is 16.5. The molecule has 104 valence electrons. The average molecular weight is 257 g/mol. The fraction of sp³-hybridized carbons (Fsp3) is 0.846. The lowest BCUT2D eigenvalue weighted by Crippen LogP contribution is -2.45. The summed E-state index contributed by atoms with van der Waals surface area (Å²) in [6.07, 6.45) is 3.41. The van der Waals surface area contributed by atoms with E-state index in [2.05, 4.69) is 5.32 Å². The van der Waals surface area contributed by atoms with E-state index < -0.39 is 5.97 Å². The second-order valence-corrected chi connectivity index (χ2v) is 5.47. The summed E-state index contributed by atoms with van der Waals surface area (Å²) in [5.74, 6) is -0.787. The topological polar surface area (TPSA) is 75.6 Å². The van der Waals surface area contributed by atoms with E-state index in [0.29, 0.717) is 25.9 Å². The number of rotatable bonds is 6. The molecule has 18 heavy (non-hydrogen) atoms. The van der Waals surface area contributed by atoms with E-state index in [9.17, 15) is 9.59 Å². The fourth-order valence-electron chi connectivity index (χ4n) is 2.22. The van der Waals surface area contributed by atoms with Crippen LogP contribution in [-0.2, 0) is 14.3 Å². The molecule has 1 aliphatic heterocycles. The molecule has 0 aromatic carbocycles. The van der Waals surface area contributed by atoms with Crippen molar-refractivity contribution < 1.29 is 19.4 Å². The van der Waals surface area contributed by atoms with E-state index in [1.165, 1.54) is 0 Å². The van der Waals surface area contributed by atoms with Crippen LogP contribution >= 0.6 is 0 Å². The SMILES string of the molecule is CC1(C)CC(NC(=O)CCCCC(=O)O)CCO1. The van der Waals surface area contributed by atoms with Crippen molar-refractivity contribution in [2.45, 2.75) is 64.0 Å². The number of nitrogens with one attached hydrogen (secondary N) is 1. The minimum absolute atomic E-state index is 0.0167. The van der Waals surface area contributed by atoms with Gasteiger partial charge in [-0.05, 0) is 39.5 Å². The van der Waals surface area contributed by atoms with Crippen LogP contribution in [0.3, 0.4) is 0 Å². The molecule has 0 aromatic rings. The zero-order valence-corrected chi connectivity index (χ0v) is 11.2. The molecule has 1 saturated heterocycles. The minimum atomic E-state index is -0.804. The average Bonchev–Trinajstić information content (AvgIpc) is 2.22. The van der Waals surface area contributed by atoms with Crippen molar-refractivity contribution in [2.24, 2.45) is 0 Å². The zero-order valence-electron chi connectivity index (χ0n) is 11.2. The smallest absolute Gasteiger partial charge is 0.303 e. The van der Waals surface area contributed by atoms with Gasteiger partial charge in [0.2, 0.25) is 5.91 Å². The largest absolute Gasteiger partial charge is 0.481 e. The van der Waals surface area contributed by atoms with Gasteiger partial charge in [0.15, 0.2) is 0 Å². The number of carboxylic acid groups (broad SMARTS) is 1. The fourth-order valence-corrected chi connectivity index (χ4v) is 2.22. The van der Waals surface area contributed by atoms with Crippen LogP contribution in [0, 0.1) is 0 Å². The quantitative estimate of drug-likeness (QED) is 0.710.